The highest BCUT2D eigenvalue weighted by Gasteiger charge is 2.22. The van der Waals surface area contributed by atoms with Gasteiger partial charge in [0.1, 0.15) is 12.4 Å². The molecule has 0 spiro atoms. The SMILES string of the molecule is CN(C)C(=O)CN1CCCN(C(=O)c2cccc(OCc3cscn3)c2)CC1. The van der Waals surface area contributed by atoms with Gasteiger partial charge in [0.05, 0.1) is 17.7 Å². The van der Waals surface area contributed by atoms with Crippen LogP contribution in [0.25, 0.3) is 0 Å². The maximum atomic E-state index is 12.9. The van der Waals surface area contributed by atoms with Gasteiger partial charge in [0.2, 0.25) is 5.91 Å². The number of ether oxygens (including phenoxy) is 1. The summed E-state index contributed by atoms with van der Waals surface area (Å²) >= 11 is 1.53. The third kappa shape index (κ3) is 5.53. The molecule has 0 unspecified atom stereocenters. The van der Waals surface area contributed by atoms with Crippen molar-refractivity contribution in [2.45, 2.75) is 13.0 Å². The summed E-state index contributed by atoms with van der Waals surface area (Å²) in [7, 11) is 3.53. The first kappa shape index (κ1) is 20.3. The van der Waals surface area contributed by atoms with E-state index in [2.05, 4.69) is 9.88 Å². The highest BCUT2D eigenvalue weighted by molar-refractivity contribution is 7.07. The van der Waals surface area contributed by atoms with Gasteiger partial charge in [0, 0.05) is 51.2 Å². The number of benzene rings is 1. The summed E-state index contributed by atoms with van der Waals surface area (Å²) in [6.45, 7) is 3.61. The Labute approximate surface area is 169 Å². The van der Waals surface area contributed by atoms with Crippen molar-refractivity contribution in [2.75, 3.05) is 46.8 Å². The topological polar surface area (TPSA) is 66.0 Å². The highest BCUT2D eigenvalue weighted by Crippen LogP contribution is 2.17. The predicted octanol–water partition coefficient (Wildman–Crippen LogP) is 1.96. The second-order valence-electron chi connectivity index (χ2n) is 7.01. The van der Waals surface area contributed by atoms with Crippen molar-refractivity contribution in [2.24, 2.45) is 0 Å². The van der Waals surface area contributed by atoms with Crippen LogP contribution in [0.2, 0.25) is 0 Å². The van der Waals surface area contributed by atoms with Gasteiger partial charge in [-0.2, -0.15) is 0 Å². The Hall–Kier alpha value is -2.45. The molecular formula is C20H26N4O3S. The van der Waals surface area contributed by atoms with Crippen molar-refractivity contribution in [1.29, 1.82) is 0 Å². The van der Waals surface area contributed by atoms with Crippen LogP contribution in [0.5, 0.6) is 5.75 Å². The molecule has 1 aromatic carbocycles. The van der Waals surface area contributed by atoms with Crippen LogP contribution in [0.15, 0.2) is 35.2 Å². The average molecular weight is 403 g/mol. The molecule has 0 N–H and O–H groups in total. The lowest BCUT2D eigenvalue weighted by atomic mass is 10.2. The fraction of sp³-hybridized carbons (Fsp3) is 0.450. The Kier molecular flexibility index (Phi) is 7.00. The fourth-order valence-corrected chi connectivity index (χ4v) is 3.58. The van der Waals surface area contributed by atoms with Gasteiger partial charge in [-0.05, 0) is 24.6 Å². The van der Waals surface area contributed by atoms with Crippen LogP contribution in [0, 0.1) is 0 Å². The second-order valence-corrected chi connectivity index (χ2v) is 7.73. The molecule has 7 nitrogen and oxygen atoms in total. The molecule has 0 aliphatic carbocycles. The number of hydrogen-bond donors (Lipinski definition) is 0. The maximum Gasteiger partial charge on any atom is 0.254 e. The second kappa shape index (κ2) is 9.66. The number of rotatable bonds is 6. The van der Waals surface area contributed by atoms with Crippen molar-refractivity contribution in [1.82, 2.24) is 19.7 Å². The Morgan fingerprint density at radius 2 is 2.07 bits per heavy atom. The van der Waals surface area contributed by atoms with Gasteiger partial charge >= 0.3 is 0 Å². The molecule has 150 valence electrons. The van der Waals surface area contributed by atoms with Crippen LogP contribution in [0.4, 0.5) is 0 Å². The Morgan fingerprint density at radius 3 is 2.82 bits per heavy atom. The van der Waals surface area contributed by atoms with Crippen LogP contribution >= 0.6 is 11.3 Å². The molecule has 1 saturated heterocycles. The third-order valence-corrected chi connectivity index (χ3v) is 5.32. The summed E-state index contributed by atoms with van der Waals surface area (Å²) < 4.78 is 5.76. The lowest BCUT2D eigenvalue weighted by Gasteiger charge is -2.23. The molecule has 0 bridgehead atoms. The van der Waals surface area contributed by atoms with Gasteiger partial charge in [-0.3, -0.25) is 14.5 Å². The van der Waals surface area contributed by atoms with Crippen LogP contribution in [0.3, 0.4) is 0 Å². The minimum absolute atomic E-state index is 0.0000977. The van der Waals surface area contributed by atoms with E-state index in [-0.39, 0.29) is 11.8 Å². The molecule has 0 radical (unpaired) electrons. The Morgan fingerprint density at radius 1 is 1.21 bits per heavy atom. The van der Waals surface area contributed by atoms with E-state index in [4.69, 9.17) is 4.74 Å². The van der Waals surface area contributed by atoms with Crippen molar-refractivity contribution in [3.05, 3.63) is 46.4 Å². The summed E-state index contributed by atoms with van der Waals surface area (Å²) in [6.07, 6.45) is 0.854. The normalized spacial score (nSPS) is 15.1. The first-order valence-corrected chi connectivity index (χ1v) is 10.3. The van der Waals surface area contributed by atoms with Crippen molar-refractivity contribution < 1.29 is 14.3 Å². The number of nitrogens with zero attached hydrogens (tertiary/aromatic N) is 4. The summed E-state index contributed by atoms with van der Waals surface area (Å²) in [5.41, 5.74) is 3.27. The quantitative estimate of drug-likeness (QED) is 0.739. The Balaban J connectivity index is 1.57. The minimum atomic E-state index is -0.0000977. The zero-order valence-corrected chi connectivity index (χ0v) is 17.2. The lowest BCUT2D eigenvalue weighted by molar-refractivity contribution is -0.129. The molecule has 1 aliphatic heterocycles. The zero-order chi connectivity index (χ0) is 19.9. The number of amides is 2. The van der Waals surface area contributed by atoms with Crippen LogP contribution in [-0.4, -0.2) is 78.3 Å². The molecular weight excluding hydrogens is 376 g/mol. The van der Waals surface area contributed by atoms with Crippen molar-refractivity contribution >= 4 is 23.2 Å². The molecule has 2 aromatic rings. The number of thiazole rings is 1. The van der Waals surface area contributed by atoms with Crippen LogP contribution in [0.1, 0.15) is 22.5 Å². The Bertz CT molecular complexity index is 795. The summed E-state index contributed by atoms with van der Waals surface area (Å²) in [4.78, 5) is 34.6. The zero-order valence-electron chi connectivity index (χ0n) is 16.3. The van der Waals surface area contributed by atoms with Crippen LogP contribution < -0.4 is 4.74 Å². The third-order valence-electron chi connectivity index (χ3n) is 4.68. The van der Waals surface area contributed by atoms with Crippen molar-refractivity contribution in [3.63, 3.8) is 0 Å². The number of hydrogen-bond acceptors (Lipinski definition) is 6. The molecule has 2 amide bonds. The standard InChI is InChI=1S/C20H26N4O3S/c1-22(2)19(25)12-23-7-4-8-24(10-9-23)20(26)16-5-3-6-18(11-16)27-13-17-14-28-15-21-17/h3,5-6,11,14-15H,4,7-10,12-13H2,1-2H3. The first-order chi connectivity index (χ1) is 13.5. The van der Waals surface area contributed by atoms with E-state index in [1.54, 1.807) is 30.6 Å². The summed E-state index contributed by atoms with van der Waals surface area (Å²) in [6, 6.07) is 7.28. The molecule has 0 saturated carbocycles. The first-order valence-electron chi connectivity index (χ1n) is 9.34. The van der Waals surface area contributed by atoms with E-state index in [9.17, 15) is 9.59 Å². The number of carbonyl (C=O) groups is 2. The number of likely N-dealkylation sites (N-methyl/N-ethyl adjacent to an activating group) is 1. The predicted molar refractivity (Wildman–Crippen MR) is 109 cm³/mol. The van der Waals surface area contributed by atoms with E-state index >= 15 is 0 Å². The van der Waals surface area contributed by atoms with Crippen LogP contribution in [-0.2, 0) is 11.4 Å². The van der Waals surface area contributed by atoms with E-state index < -0.39 is 0 Å². The van der Waals surface area contributed by atoms with E-state index in [1.165, 1.54) is 11.3 Å². The minimum Gasteiger partial charge on any atom is -0.487 e. The smallest absolute Gasteiger partial charge is 0.254 e. The monoisotopic (exact) mass is 402 g/mol. The molecule has 1 fully saturated rings. The van der Waals surface area contributed by atoms with Gasteiger partial charge < -0.3 is 14.5 Å². The molecule has 1 aliphatic rings. The largest absolute Gasteiger partial charge is 0.487 e. The molecule has 28 heavy (non-hydrogen) atoms. The van der Waals surface area contributed by atoms with Gasteiger partial charge in [-0.25, -0.2) is 4.98 Å². The average Bonchev–Trinajstić information content (AvgIpc) is 3.11. The molecule has 0 atom stereocenters. The van der Waals surface area contributed by atoms with Gasteiger partial charge in [0.15, 0.2) is 0 Å². The summed E-state index contributed by atoms with van der Waals surface area (Å²) in [5, 5.41) is 1.94. The summed E-state index contributed by atoms with van der Waals surface area (Å²) in [5.74, 6) is 0.747. The molecule has 1 aromatic heterocycles. The van der Waals surface area contributed by atoms with Gasteiger partial charge in [-0.1, -0.05) is 6.07 Å². The van der Waals surface area contributed by atoms with Crippen molar-refractivity contribution in [3.8, 4) is 5.75 Å². The van der Waals surface area contributed by atoms with E-state index in [1.807, 2.05) is 28.5 Å². The molecule has 3 rings (SSSR count). The fourth-order valence-electron chi connectivity index (χ4n) is 3.03. The number of aromatic nitrogens is 1. The highest BCUT2D eigenvalue weighted by atomic mass is 32.1. The maximum absolute atomic E-state index is 12.9. The lowest BCUT2D eigenvalue weighted by Crippen LogP contribution is -2.39. The van der Waals surface area contributed by atoms with Gasteiger partial charge in [0.25, 0.3) is 5.91 Å². The number of carbonyl (C=O) groups excluding carboxylic acids is 2. The van der Waals surface area contributed by atoms with Gasteiger partial charge in [-0.15, -0.1) is 11.3 Å². The molecule has 8 heteroatoms. The van der Waals surface area contributed by atoms with E-state index in [0.717, 1.165) is 18.7 Å². The molecule has 2 heterocycles. The van der Waals surface area contributed by atoms with E-state index in [0.29, 0.717) is 44.1 Å².